The molecule has 15 atom stereocenters. The zero-order valence-corrected chi connectivity index (χ0v) is 46.4. The summed E-state index contributed by atoms with van der Waals surface area (Å²) < 4.78 is 37.8. The zero-order chi connectivity index (χ0) is 55.1. The van der Waals surface area contributed by atoms with Gasteiger partial charge in [-0.15, -0.1) is 0 Å². The third-order valence-corrected chi connectivity index (χ3v) is 16.0. The summed E-state index contributed by atoms with van der Waals surface area (Å²) in [5.41, 5.74) is 2.22. The van der Waals surface area contributed by atoms with Crippen molar-refractivity contribution < 1.29 is 72.0 Å². The molecule has 4 aliphatic rings. The van der Waals surface area contributed by atoms with Crippen LogP contribution in [0.25, 0.3) is 0 Å². The van der Waals surface area contributed by atoms with E-state index in [1.165, 1.54) is 12.0 Å². The molecule has 0 unspecified atom stereocenters. The molecule has 1 aromatic heterocycles. The summed E-state index contributed by atoms with van der Waals surface area (Å²) in [4.78, 5) is 87.3. The van der Waals surface area contributed by atoms with Crippen LogP contribution in [0.4, 0.5) is 0 Å². The van der Waals surface area contributed by atoms with Crippen molar-refractivity contribution in [3.63, 3.8) is 0 Å². The van der Waals surface area contributed by atoms with Gasteiger partial charge in [0.25, 0.3) is 11.7 Å². The highest BCUT2D eigenvalue weighted by atomic mass is 16.6. The number of nitrogens with zero attached hydrogens (tertiary/aromatic N) is 2. The highest BCUT2D eigenvalue weighted by Crippen LogP contribution is 2.38. The van der Waals surface area contributed by atoms with Crippen molar-refractivity contribution in [3.05, 3.63) is 77.7 Å². The fourth-order valence-corrected chi connectivity index (χ4v) is 11.3. The summed E-state index contributed by atoms with van der Waals surface area (Å²) in [7, 11) is 4.54. The number of hydrogen-bond donors (Lipinski definition) is 2. The number of aliphatic hydroxyl groups is 2. The summed E-state index contributed by atoms with van der Waals surface area (Å²) in [5, 5.41) is 22.6. The summed E-state index contributed by atoms with van der Waals surface area (Å²) in [6.07, 6.45) is 14.4. The van der Waals surface area contributed by atoms with Gasteiger partial charge in [-0.05, 0) is 120 Å². The van der Waals surface area contributed by atoms with Crippen molar-refractivity contribution in [2.75, 3.05) is 27.9 Å². The molecule has 5 rings (SSSR count). The second-order valence-electron chi connectivity index (χ2n) is 22.1. The van der Waals surface area contributed by atoms with Crippen LogP contribution in [0.15, 0.2) is 72.1 Å². The first-order chi connectivity index (χ1) is 35.6. The molecule has 1 aromatic rings. The molecule has 3 fully saturated rings. The van der Waals surface area contributed by atoms with E-state index in [0.717, 1.165) is 11.1 Å². The molecule has 2 bridgehead atoms. The SMILES string of the molecule is CO[C@H]1C[C@@H]2CC[C@@H](C)[C@@](O)(O2)C(=O)C(=O)N2CCCC[C@H]2C(=O)O[C@H]([C@H](C)C[C@@H]2CC[C@@H](O)[C@H](OC)C2)CC(=O)[C@H](C)/C=C(\C)[C@@H](OC(=O)C[n+]2cccc(C)c2)[C@@H](OC)C(=O)[C@H](C)C[C@H](C)/C=C/C=CC=C1C. The van der Waals surface area contributed by atoms with Gasteiger partial charge in [-0.25, -0.2) is 9.59 Å². The second-order valence-corrected chi connectivity index (χ2v) is 22.1. The van der Waals surface area contributed by atoms with Gasteiger partial charge in [0, 0.05) is 70.1 Å². The van der Waals surface area contributed by atoms with Crippen LogP contribution >= 0.6 is 0 Å². The Morgan fingerprint density at radius 3 is 2.32 bits per heavy atom. The average Bonchev–Trinajstić information content (AvgIpc) is 3.37. The van der Waals surface area contributed by atoms with Gasteiger partial charge in [-0.1, -0.05) is 71.1 Å². The number of pyridine rings is 1. The molecule has 1 saturated carbocycles. The molecule has 4 heterocycles. The third-order valence-electron chi connectivity index (χ3n) is 16.0. The quantitative estimate of drug-likeness (QED) is 0.110. The lowest BCUT2D eigenvalue weighted by Gasteiger charge is -2.42. The lowest BCUT2D eigenvalue weighted by molar-refractivity contribution is -0.686. The van der Waals surface area contributed by atoms with Crippen molar-refractivity contribution in [3.8, 4) is 0 Å². The van der Waals surface area contributed by atoms with Crippen LogP contribution in [0.5, 0.6) is 0 Å². The smallest absolute Gasteiger partial charge is 0.373 e. The molecule has 3 aliphatic heterocycles. The number of carbonyl (C=O) groups excluding carboxylic acids is 6. The van der Waals surface area contributed by atoms with Gasteiger partial charge in [0.05, 0.1) is 24.4 Å². The van der Waals surface area contributed by atoms with E-state index < -0.39 is 89.8 Å². The van der Waals surface area contributed by atoms with E-state index in [1.54, 1.807) is 51.8 Å². The normalized spacial score (nSPS) is 35.3. The molecule has 2 N–H and O–H groups in total. The minimum absolute atomic E-state index is 0.0394. The van der Waals surface area contributed by atoms with Gasteiger partial charge in [-0.3, -0.25) is 19.2 Å². The number of methoxy groups -OCH3 is 3. The Balaban J connectivity index is 1.53. The molecular weight excluding hydrogens is 961 g/mol. The van der Waals surface area contributed by atoms with Crippen molar-refractivity contribution >= 4 is 35.2 Å². The largest absolute Gasteiger partial charge is 0.460 e. The molecule has 1 aliphatic carbocycles. The number of allylic oxidation sites excluding steroid dienone is 6. The topological polar surface area (TPSA) is 205 Å². The molecule has 16 nitrogen and oxygen atoms in total. The molecule has 416 valence electrons. The lowest BCUT2D eigenvalue weighted by atomic mass is 9.78. The number of piperidine rings is 1. The fourth-order valence-electron chi connectivity index (χ4n) is 11.3. The highest BCUT2D eigenvalue weighted by molar-refractivity contribution is 6.39. The van der Waals surface area contributed by atoms with E-state index in [-0.39, 0.29) is 61.4 Å². The molecule has 0 aromatic carbocycles. The minimum Gasteiger partial charge on any atom is -0.460 e. The monoisotopic (exact) mass is 1050 g/mol. The zero-order valence-electron chi connectivity index (χ0n) is 46.4. The number of cyclic esters (lactones) is 1. The maximum atomic E-state index is 14.6. The Labute approximate surface area is 445 Å². The number of aliphatic hydroxyl groups excluding tert-OH is 1. The van der Waals surface area contributed by atoms with E-state index in [4.69, 9.17) is 28.4 Å². The Hall–Kier alpha value is -4.71. The molecule has 1 amide bonds. The summed E-state index contributed by atoms with van der Waals surface area (Å²) in [6.45, 7) is 14.5. The average molecular weight is 1050 g/mol. The van der Waals surface area contributed by atoms with E-state index >= 15 is 0 Å². The van der Waals surface area contributed by atoms with Crippen molar-refractivity contribution in [2.24, 2.45) is 35.5 Å². The van der Waals surface area contributed by atoms with E-state index in [9.17, 15) is 39.0 Å². The number of amides is 1. The van der Waals surface area contributed by atoms with E-state index in [0.29, 0.717) is 69.8 Å². The number of esters is 2. The second kappa shape index (κ2) is 28.6. The van der Waals surface area contributed by atoms with Crippen LogP contribution in [0.2, 0.25) is 0 Å². The van der Waals surface area contributed by atoms with E-state index in [2.05, 4.69) is 0 Å². The Morgan fingerprint density at radius 1 is 0.880 bits per heavy atom. The van der Waals surface area contributed by atoms with Crippen molar-refractivity contribution in [1.29, 1.82) is 0 Å². The van der Waals surface area contributed by atoms with Crippen LogP contribution < -0.4 is 4.57 Å². The first kappa shape index (κ1) is 61.1. The maximum absolute atomic E-state index is 14.6. The predicted octanol–water partition coefficient (Wildman–Crippen LogP) is 7.03. The van der Waals surface area contributed by atoms with Gasteiger partial charge in [0.2, 0.25) is 12.3 Å². The standard InChI is InChI=1S/C59H87N2O14/c1-36-18-13-12-14-20-38(3)49(70-9)32-45-24-22-43(8)59(69,75-45)56(66)57(67)61-27-16-15-21-46(61)58(68)73-50(40(5)30-44-23-25-47(62)51(31-44)71-10)33-48(63)39(4)29-42(7)54(55(72-11)53(65)41(6)28-36)74-52(64)35-60-26-17-19-37(2)34-60/h12-14,17-20,26,29,34,36,39-41,43-47,49-51,54-55,62,69H,15-16,21-25,27-28,30-33,35H2,1-11H3/q+1/b14-12?,18-13+,38-20?,42-29+/t36-,39-,40-,41-,43-,44+,45+,46+,47-,49+,50+,51-,54-,55+,59-/m1/s1. The number of Topliss-reactive ketones (excluding diaryl/α,β-unsaturated/α-hetero) is 3. The minimum atomic E-state index is -2.45. The lowest BCUT2D eigenvalue weighted by Crippen LogP contribution is -2.61. The summed E-state index contributed by atoms with van der Waals surface area (Å²) >= 11 is 0. The summed E-state index contributed by atoms with van der Waals surface area (Å²) in [6, 6.07) is 2.55. The predicted molar refractivity (Wildman–Crippen MR) is 280 cm³/mol. The number of aryl methyl sites for hydroxylation is 1. The maximum Gasteiger partial charge on any atom is 0.373 e. The van der Waals surface area contributed by atoms with Crippen molar-refractivity contribution in [2.45, 2.75) is 194 Å². The Morgan fingerprint density at radius 2 is 1.63 bits per heavy atom. The molecule has 2 saturated heterocycles. The number of rotatable bonds is 9. The highest BCUT2D eigenvalue weighted by Gasteiger charge is 2.53. The van der Waals surface area contributed by atoms with Crippen molar-refractivity contribution in [1.82, 2.24) is 4.90 Å². The Kier molecular flexibility index (Phi) is 23.3. The number of aromatic nitrogens is 1. The van der Waals surface area contributed by atoms with Gasteiger partial charge < -0.3 is 43.5 Å². The molecular formula is C59H87N2O14+. The van der Waals surface area contributed by atoms with Gasteiger partial charge >= 0.3 is 11.9 Å². The van der Waals surface area contributed by atoms with Crippen LogP contribution in [0, 0.1) is 42.4 Å². The van der Waals surface area contributed by atoms with Crippen LogP contribution in [-0.2, 0) is 63.7 Å². The van der Waals surface area contributed by atoms with E-state index in [1.807, 2.05) is 83.3 Å². The van der Waals surface area contributed by atoms with Gasteiger partial charge in [0.1, 0.15) is 17.9 Å². The number of hydrogen-bond acceptors (Lipinski definition) is 14. The molecule has 0 radical (unpaired) electrons. The number of ether oxygens (including phenoxy) is 6. The van der Waals surface area contributed by atoms with Gasteiger partial charge in [0.15, 0.2) is 30.4 Å². The van der Waals surface area contributed by atoms with Crippen LogP contribution in [0.1, 0.15) is 131 Å². The summed E-state index contributed by atoms with van der Waals surface area (Å²) in [5.74, 6) is -9.00. The number of fused-ring (bicyclic) bond motifs is 3. The van der Waals surface area contributed by atoms with Crippen LogP contribution in [0.3, 0.4) is 0 Å². The van der Waals surface area contributed by atoms with Gasteiger partial charge in [-0.2, -0.15) is 4.57 Å². The molecule has 16 heteroatoms. The molecule has 75 heavy (non-hydrogen) atoms. The Bertz CT molecular complexity index is 2260. The first-order valence-corrected chi connectivity index (χ1v) is 27.2. The number of carbonyl (C=O) groups is 6. The first-order valence-electron chi connectivity index (χ1n) is 27.2. The number of ketones is 3. The van der Waals surface area contributed by atoms with Crippen LogP contribution in [-0.4, -0.2) is 133 Å². The fraction of sp³-hybridized carbons (Fsp3) is 0.678. The third kappa shape index (κ3) is 16.6. The molecule has 0 spiro atoms.